The summed E-state index contributed by atoms with van der Waals surface area (Å²) < 4.78 is 0. The predicted molar refractivity (Wildman–Crippen MR) is 131 cm³/mol. The second kappa shape index (κ2) is 9.53. The Balaban J connectivity index is 1.35. The summed E-state index contributed by atoms with van der Waals surface area (Å²) in [6, 6.07) is 26.1. The monoisotopic (exact) mass is 453 g/mol. The Morgan fingerprint density at radius 3 is 2.18 bits per heavy atom. The van der Waals surface area contributed by atoms with Crippen LogP contribution in [0.2, 0.25) is 0 Å². The van der Waals surface area contributed by atoms with Crippen LogP contribution in [0.5, 0.6) is 0 Å². The summed E-state index contributed by atoms with van der Waals surface area (Å²) in [5.41, 5.74) is 4.96. The lowest BCUT2D eigenvalue weighted by Gasteiger charge is -2.31. The first kappa shape index (κ1) is 21.9. The predicted octanol–water partition coefficient (Wildman–Crippen LogP) is 3.36. The number of hydrogen-bond donors (Lipinski definition) is 3. The highest BCUT2D eigenvalue weighted by atomic mass is 16.3. The summed E-state index contributed by atoms with van der Waals surface area (Å²) in [7, 11) is 0. The van der Waals surface area contributed by atoms with Crippen molar-refractivity contribution >= 4 is 22.7 Å². The molecule has 1 aliphatic rings. The van der Waals surface area contributed by atoms with Gasteiger partial charge in [0.25, 0.3) is 0 Å². The minimum Gasteiger partial charge on any atom is -0.394 e. The van der Waals surface area contributed by atoms with Gasteiger partial charge in [-0.15, -0.1) is 0 Å². The van der Waals surface area contributed by atoms with Gasteiger partial charge in [-0.1, -0.05) is 78.9 Å². The zero-order chi connectivity index (χ0) is 23.5. The number of fused-ring (bicyclic) bond motifs is 3. The zero-order valence-electron chi connectivity index (χ0n) is 18.8. The Kier molecular flexibility index (Phi) is 6.14. The maximum atomic E-state index is 13.4. The molecule has 0 saturated carbocycles. The molecule has 6 nitrogen and oxygen atoms in total. The first-order valence-electron chi connectivity index (χ1n) is 11.5. The number of nitrogens with one attached hydrogen (secondary N) is 2. The average Bonchev–Trinajstić information content (AvgIpc) is 3.26. The van der Waals surface area contributed by atoms with Crippen LogP contribution in [0.25, 0.3) is 10.9 Å². The maximum absolute atomic E-state index is 13.4. The molecule has 1 aromatic heterocycles. The quantitative estimate of drug-likeness (QED) is 0.419. The van der Waals surface area contributed by atoms with Crippen molar-refractivity contribution in [3.05, 3.63) is 107 Å². The first-order valence-corrected chi connectivity index (χ1v) is 11.5. The molecule has 2 amide bonds. The van der Waals surface area contributed by atoms with Gasteiger partial charge >= 0.3 is 0 Å². The molecule has 3 aromatic carbocycles. The summed E-state index contributed by atoms with van der Waals surface area (Å²) in [5, 5.41) is 14.0. The third-order valence-corrected chi connectivity index (χ3v) is 6.52. The van der Waals surface area contributed by atoms with Gasteiger partial charge in [0.05, 0.1) is 19.1 Å². The lowest BCUT2D eigenvalue weighted by atomic mass is 9.90. The van der Waals surface area contributed by atoms with Crippen molar-refractivity contribution in [2.24, 2.45) is 0 Å². The second-order valence-electron chi connectivity index (χ2n) is 8.64. The summed E-state index contributed by atoms with van der Waals surface area (Å²) in [5.74, 6) is -1.17. The lowest BCUT2D eigenvalue weighted by Crippen LogP contribution is -2.52. The van der Waals surface area contributed by atoms with E-state index in [0.717, 1.165) is 28.8 Å². The van der Waals surface area contributed by atoms with Crippen LogP contribution in [0.4, 0.5) is 0 Å². The number of nitrogens with zero attached hydrogens (tertiary/aromatic N) is 1. The number of aromatic amines is 1. The molecule has 0 fully saturated rings. The highest BCUT2D eigenvalue weighted by molar-refractivity contribution is 5.93. The van der Waals surface area contributed by atoms with Gasteiger partial charge in [-0.3, -0.25) is 9.59 Å². The normalized spacial score (nSPS) is 14.1. The number of hydrogen-bond acceptors (Lipinski definition) is 3. The average molecular weight is 454 g/mol. The number of benzene rings is 3. The fourth-order valence-corrected chi connectivity index (χ4v) is 4.83. The summed E-state index contributed by atoms with van der Waals surface area (Å²) in [4.78, 5) is 31.9. The Bertz CT molecular complexity index is 1260. The molecule has 172 valence electrons. The Labute approximate surface area is 198 Å². The lowest BCUT2D eigenvalue weighted by molar-refractivity contribution is -0.138. The number of aromatic nitrogens is 1. The van der Waals surface area contributed by atoms with Crippen LogP contribution in [0, 0.1) is 0 Å². The molecule has 34 heavy (non-hydrogen) atoms. The van der Waals surface area contributed by atoms with Crippen LogP contribution in [0.1, 0.15) is 28.3 Å². The number of carbonyl (C=O) groups is 2. The minimum absolute atomic E-state index is 0.278. The van der Waals surface area contributed by atoms with Crippen molar-refractivity contribution in [2.45, 2.75) is 24.9 Å². The smallest absolute Gasteiger partial charge is 0.247 e. The SMILES string of the molecule is O=C(N[C@@H](CO)C(=O)N1CCc2c([nH]c3ccccc23)C1)C(c1ccccc1)c1ccccc1. The summed E-state index contributed by atoms with van der Waals surface area (Å²) >= 11 is 0. The van der Waals surface area contributed by atoms with E-state index in [1.165, 1.54) is 10.9 Å². The van der Waals surface area contributed by atoms with Gasteiger partial charge in [0.2, 0.25) is 11.8 Å². The number of rotatable bonds is 6. The topological polar surface area (TPSA) is 85.4 Å². The molecular weight excluding hydrogens is 426 g/mol. The molecule has 3 N–H and O–H groups in total. The fraction of sp³-hybridized carbons (Fsp3) is 0.214. The van der Waals surface area contributed by atoms with E-state index >= 15 is 0 Å². The van der Waals surface area contributed by atoms with Gasteiger partial charge in [-0.25, -0.2) is 0 Å². The van der Waals surface area contributed by atoms with Gasteiger partial charge in [0.1, 0.15) is 6.04 Å². The standard InChI is InChI=1S/C28H27N3O3/c32-18-25(28(34)31-16-15-22-21-13-7-8-14-23(21)29-24(22)17-31)30-27(33)26(19-9-3-1-4-10-19)20-11-5-2-6-12-20/h1-14,25-26,29,32H,15-18H2,(H,30,33)/t25-/m0/s1. The largest absolute Gasteiger partial charge is 0.394 e. The van der Waals surface area contributed by atoms with E-state index in [9.17, 15) is 14.7 Å². The van der Waals surface area contributed by atoms with Crippen molar-refractivity contribution in [3.63, 3.8) is 0 Å². The molecular formula is C28H27N3O3. The third-order valence-electron chi connectivity index (χ3n) is 6.52. The van der Waals surface area contributed by atoms with Crippen LogP contribution in [-0.4, -0.2) is 46.0 Å². The van der Waals surface area contributed by atoms with E-state index < -0.39 is 18.6 Å². The number of amides is 2. The third kappa shape index (κ3) is 4.20. The van der Waals surface area contributed by atoms with Gasteiger partial charge in [-0.05, 0) is 29.2 Å². The molecule has 0 bridgehead atoms. The molecule has 5 rings (SSSR count). The Morgan fingerprint density at radius 2 is 1.53 bits per heavy atom. The molecule has 0 saturated heterocycles. The molecule has 1 atom stereocenters. The molecule has 4 aromatic rings. The molecule has 0 radical (unpaired) electrons. The van der Waals surface area contributed by atoms with Crippen molar-refractivity contribution < 1.29 is 14.7 Å². The number of aliphatic hydroxyl groups is 1. The number of H-pyrrole nitrogens is 1. The highest BCUT2D eigenvalue weighted by Crippen LogP contribution is 2.28. The van der Waals surface area contributed by atoms with Crippen molar-refractivity contribution in [3.8, 4) is 0 Å². The van der Waals surface area contributed by atoms with Crippen molar-refractivity contribution in [1.29, 1.82) is 0 Å². The summed E-state index contributed by atoms with van der Waals surface area (Å²) in [6.45, 7) is 0.508. The molecule has 6 heteroatoms. The molecule has 0 unspecified atom stereocenters. The molecule has 0 aliphatic carbocycles. The van der Waals surface area contributed by atoms with E-state index in [0.29, 0.717) is 13.1 Å². The summed E-state index contributed by atoms with van der Waals surface area (Å²) in [6.07, 6.45) is 0.730. The second-order valence-corrected chi connectivity index (χ2v) is 8.64. The van der Waals surface area contributed by atoms with E-state index in [-0.39, 0.29) is 11.8 Å². The number of aliphatic hydroxyl groups excluding tert-OH is 1. The van der Waals surface area contributed by atoms with Crippen molar-refractivity contribution in [2.75, 3.05) is 13.2 Å². The van der Waals surface area contributed by atoms with Crippen molar-refractivity contribution in [1.82, 2.24) is 15.2 Å². The van der Waals surface area contributed by atoms with Gasteiger partial charge in [0.15, 0.2) is 0 Å². The maximum Gasteiger partial charge on any atom is 0.247 e. The molecule has 2 heterocycles. The highest BCUT2D eigenvalue weighted by Gasteiger charge is 2.32. The fourth-order valence-electron chi connectivity index (χ4n) is 4.83. The van der Waals surface area contributed by atoms with Crippen LogP contribution in [0.15, 0.2) is 84.9 Å². The Hall–Kier alpha value is -3.90. The van der Waals surface area contributed by atoms with Gasteiger partial charge in [-0.2, -0.15) is 0 Å². The van der Waals surface area contributed by atoms with Crippen LogP contribution >= 0.6 is 0 Å². The van der Waals surface area contributed by atoms with Crippen LogP contribution in [-0.2, 0) is 22.6 Å². The van der Waals surface area contributed by atoms with Crippen LogP contribution < -0.4 is 5.32 Å². The number of para-hydroxylation sites is 1. The zero-order valence-corrected chi connectivity index (χ0v) is 18.8. The molecule has 0 spiro atoms. The Morgan fingerprint density at radius 1 is 0.912 bits per heavy atom. The van der Waals surface area contributed by atoms with Gasteiger partial charge in [0, 0.05) is 23.1 Å². The van der Waals surface area contributed by atoms with Crippen LogP contribution in [0.3, 0.4) is 0 Å². The number of carbonyl (C=O) groups excluding carboxylic acids is 2. The van der Waals surface area contributed by atoms with E-state index in [1.54, 1.807) is 4.90 Å². The van der Waals surface area contributed by atoms with E-state index in [1.807, 2.05) is 78.9 Å². The molecule has 1 aliphatic heterocycles. The minimum atomic E-state index is -1.01. The van der Waals surface area contributed by atoms with E-state index in [2.05, 4.69) is 16.4 Å². The first-order chi connectivity index (χ1) is 16.7. The van der Waals surface area contributed by atoms with Gasteiger partial charge < -0.3 is 20.3 Å². The van der Waals surface area contributed by atoms with E-state index in [4.69, 9.17) is 0 Å².